The molecule has 1 aromatic carbocycles. The highest BCUT2D eigenvalue weighted by atomic mass is 35.5. The molecule has 0 saturated carbocycles. The van der Waals surface area contributed by atoms with E-state index >= 15 is 0 Å². The lowest BCUT2D eigenvalue weighted by Gasteiger charge is -2.14. The van der Waals surface area contributed by atoms with Crippen molar-refractivity contribution in [2.75, 3.05) is 11.6 Å². The van der Waals surface area contributed by atoms with Crippen molar-refractivity contribution in [2.24, 2.45) is 11.0 Å². The molecule has 2 aromatic rings. The Balaban J connectivity index is 1.77. The number of anilines is 1. The number of amidine groups is 1. The average molecular weight is 350 g/mol. The van der Waals surface area contributed by atoms with Gasteiger partial charge in [-0.1, -0.05) is 30.1 Å². The van der Waals surface area contributed by atoms with Gasteiger partial charge in [-0.15, -0.1) is 0 Å². The van der Waals surface area contributed by atoms with Crippen LogP contribution in [0.3, 0.4) is 0 Å². The lowest BCUT2D eigenvalue weighted by atomic mass is 10.1. The Kier molecular flexibility index (Phi) is 4.45. The van der Waals surface area contributed by atoms with E-state index in [0.29, 0.717) is 28.1 Å². The predicted molar refractivity (Wildman–Crippen MR) is 89.9 cm³/mol. The third kappa shape index (κ3) is 3.43. The summed E-state index contributed by atoms with van der Waals surface area (Å²) in [4.78, 5) is 19.9. The van der Waals surface area contributed by atoms with Gasteiger partial charge in [-0.3, -0.25) is 9.80 Å². The maximum absolute atomic E-state index is 12.1. The summed E-state index contributed by atoms with van der Waals surface area (Å²) in [7, 11) is 0. The standard InChI is InChI=1S/C15H13Cl2N5O/c1-9-7-22(10-2-3-11(16)12(17)6-10)21-14(9)20-15(23)13-4-5-18-8-19-13/h2-6,8-9H,7H2,1H3,(H,20,21,23). The molecule has 3 rings (SSSR count). The molecule has 1 amide bonds. The molecule has 1 unspecified atom stereocenters. The second-order valence-electron chi connectivity index (χ2n) is 5.12. The van der Waals surface area contributed by atoms with Gasteiger partial charge in [0.15, 0.2) is 0 Å². The molecular formula is C15H13Cl2N5O. The van der Waals surface area contributed by atoms with E-state index < -0.39 is 0 Å². The van der Waals surface area contributed by atoms with E-state index in [0.717, 1.165) is 5.69 Å². The molecule has 23 heavy (non-hydrogen) atoms. The van der Waals surface area contributed by atoms with Crippen LogP contribution in [0, 0.1) is 5.92 Å². The first-order chi connectivity index (χ1) is 11.0. The number of rotatable bonds is 2. The number of hydrogen-bond acceptors (Lipinski definition) is 5. The van der Waals surface area contributed by atoms with Crippen molar-refractivity contribution in [3.63, 3.8) is 0 Å². The third-order valence-corrected chi connectivity index (χ3v) is 4.14. The van der Waals surface area contributed by atoms with Crippen molar-refractivity contribution in [1.29, 1.82) is 0 Å². The predicted octanol–water partition coefficient (Wildman–Crippen LogP) is 2.98. The minimum absolute atomic E-state index is 0.0650. The number of nitrogens with zero attached hydrogens (tertiary/aromatic N) is 4. The second-order valence-corrected chi connectivity index (χ2v) is 5.93. The fourth-order valence-electron chi connectivity index (χ4n) is 2.18. The molecule has 0 bridgehead atoms. The molecule has 0 fully saturated rings. The molecule has 6 nitrogen and oxygen atoms in total. The van der Waals surface area contributed by atoms with E-state index in [9.17, 15) is 4.79 Å². The van der Waals surface area contributed by atoms with Gasteiger partial charge in [0.1, 0.15) is 17.9 Å². The van der Waals surface area contributed by atoms with Gasteiger partial charge in [0, 0.05) is 12.1 Å². The van der Waals surface area contributed by atoms with Crippen LogP contribution in [0.4, 0.5) is 5.69 Å². The Bertz CT molecular complexity index is 766. The van der Waals surface area contributed by atoms with Gasteiger partial charge in [0.2, 0.25) is 0 Å². The molecule has 0 radical (unpaired) electrons. The Morgan fingerprint density at radius 1 is 1.30 bits per heavy atom. The number of nitrogens with one attached hydrogen (secondary N) is 1. The molecule has 1 aliphatic rings. The van der Waals surface area contributed by atoms with Crippen molar-refractivity contribution in [3.05, 3.63) is 52.5 Å². The summed E-state index contributed by atoms with van der Waals surface area (Å²) in [6.45, 7) is 2.62. The molecule has 1 aromatic heterocycles. The lowest BCUT2D eigenvalue weighted by molar-refractivity contribution is 0.0970. The quantitative estimate of drug-likeness (QED) is 0.904. The van der Waals surface area contributed by atoms with Gasteiger partial charge in [0.05, 0.1) is 22.3 Å². The van der Waals surface area contributed by atoms with E-state index in [2.05, 4.69) is 20.4 Å². The molecule has 0 aliphatic carbocycles. The Labute approximate surface area is 143 Å². The van der Waals surface area contributed by atoms with E-state index in [1.165, 1.54) is 12.5 Å². The summed E-state index contributed by atoms with van der Waals surface area (Å²) in [6.07, 6.45) is 2.85. The smallest absolute Gasteiger partial charge is 0.275 e. The maximum Gasteiger partial charge on any atom is 0.275 e. The fraction of sp³-hybridized carbons (Fsp3) is 0.200. The third-order valence-electron chi connectivity index (χ3n) is 3.40. The largest absolute Gasteiger partial charge is 0.307 e. The highest BCUT2D eigenvalue weighted by Gasteiger charge is 2.26. The molecular weight excluding hydrogens is 337 g/mol. The van der Waals surface area contributed by atoms with E-state index in [4.69, 9.17) is 23.2 Å². The summed E-state index contributed by atoms with van der Waals surface area (Å²) in [5.74, 6) is 0.337. The van der Waals surface area contributed by atoms with Crippen LogP contribution in [0.15, 0.2) is 41.9 Å². The Hall–Kier alpha value is -2.18. The molecule has 2 heterocycles. The van der Waals surface area contributed by atoms with Crippen molar-refractivity contribution < 1.29 is 4.79 Å². The van der Waals surface area contributed by atoms with Crippen LogP contribution in [0.25, 0.3) is 0 Å². The van der Waals surface area contributed by atoms with Crippen LogP contribution in [-0.2, 0) is 0 Å². The zero-order valence-electron chi connectivity index (χ0n) is 12.2. The van der Waals surface area contributed by atoms with Crippen LogP contribution < -0.4 is 10.3 Å². The summed E-state index contributed by atoms with van der Waals surface area (Å²) in [5.41, 5.74) is 1.11. The van der Waals surface area contributed by atoms with Crippen LogP contribution in [-0.4, -0.2) is 28.3 Å². The zero-order chi connectivity index (χ0) is 16.4. The number of amides is 1. The number of carbonyl (C=O) groups is 1. The molecule has 0 spiro atoms. The summed E-state index contributed by atoms with van der Waals surface area (Å²) in [6, 6.07) is 6.85. The molecule has 1 aliphatic heterocycles. The number of halogens is 2. The van der Waals surface area contributed by atoms with Crippen molar-refractivity contribution in [3.8, 4) is 0 Å². The van der Waals surface area contributed by atoms with Gasteiger partial charge < -0.3 is 5.32 Å². The van der Waals surface area contributed by atoms with Gasteiger partial charge in [-0.2, -0.15) is 5.10 Å². The zero-order valence-corrected chi connectivity index (χ0v) is 13.7. The van der Waals surface area contributed by atoms with E-state index in [-0.39, 0.29) is 11.8 Å². The molecule has 1 atom stereocenters. The topological polar surface area (TPSA) is 70.5 Å². The molecule has 8 heteroatoms. The summed E-state index contributed by atoms with van der Waals surface area (Å²) < 4.78 is 0. The number of hydrazone groups is 1. The minimum Gasteiger partial charge on any atom is -0.307 e. The first kappa shape index (κ1) is 15.7. The normalized spacial score (nSPS) is 17.1. The molecule has 1 N–H and O–H groups in total. The van der Waals surface area contributed by atoms with Crippen molar-refractivity contribution in [2.45, 2.75) is 6.92 Å². The lowest BCUT2D eigenvalue weighted by Crippen LogP contribution is -2.34. The molecule has 118 valence electrons. The monoisotopic (exact) mass is 349 g/mol. The number of benzene rings is 1. The summed E-state index contributed by atoms with van der Waals surface area (Å²) in [5, 5.41) is 9.97. The van der Waals surface area contributed by atoms with Gasteiger partial charge in [0.25, 0.3) is 5.91 Å². The highest BCUT2D eigenvalue weighted by Crippen LogP contribution is 2.29. The summed E-state index contributed by atoms with van der Waals surface area (Å²) >= 11 is 12.0. The van der Waals surface area contributed by atoms with E-state index in [1.807, 2.05) is 13.0 Å². The van der Waals surface area contributed by atoms with Crippen LogP contribution in [0.2, 0.25) is 10.0 Å². The average Bonchev–Trinajstić information content (AvgIpc) is 2.92. The first-order valence-electron chi connectivity index (χ1n) is 6.93. The molecule has 0 saturated heterocycles. The minimum atomic E-state index is -0.311. The van der Waals surface area contributed by atoms with Crippen LogP contribution >= 0.6 is 23.2 Å². The first-order valence-corrected chi connectivity index (χ1v) is 7.68. The maximum atomic E-state index is 12.1. The fourth-order valence-corrected chi connectivity index (χ4v) is 2.47. The Morgan fingerprint density at radius 2 is 2.13 bits per heavy atom. The Morgan fingerprint density at radius 3 is 2.83 bits per heavy atom. The van der Waals surface area contributed by atoms with Crippen molar-refractivity contribution in [1.82, 2.24) is 15.3 Å². The van der Waals surface area contributed by atoms with Crippen LogP contribution in [0.1, 0.15) is 17.4 Å². The van der Waals surface area contributed by atoms with E-state index in [1.54, 1.807) is 23.2 Å². The van der Waals surface area contributed by atoms with Gasteiger partial charge in [-0.05, 0) is 24.3 Å². The van der Waals surface area contributed by atoms with Gasteiger partial charge in [-0.25, -0.2) is 9.97 Å². The highest BCUT2D eigenvalue weighted by molar-refractivity contribution is 6.42. The number of carbonyl (C=O) groups excluding carboxylic acids is 1. The van der Waals surface area contributed by atoms with Crippen LogP contribution in [0.5, 0.6) is 0 Å². The number of hydrogen-bond donors (Lipinski definition) is 1. The second kappa shape index (κ2) is 6.52. The van der Waals surface area contributed by atoms with Crippen molar-refractivity contribution >= 4 is 40.6 Å². The van der Waals surface area contributed by atoms with Gasteiger partial charge >= 0.3 is 0 Å². The number of aromatic nitrogens is 2. The SMILES string of the molecule is CC1CN(c2ccc(Cl)c(Cl)c2)N=C1NC(=O)c1ccncn1.